The third-order valence-electron chi connectivity index (χ3n) is 5.71. The van der Waals surface area contributed by atoms with Gasteiger partial charge in [-0.05, 0) is 6.07 Å². The molecule has 1 fully saturated rings. The van der Waals surface area contributed by atoms with Gasteiger partial charge in [0.1, 0.15) is 5.56 Å². The largest absolute Gasteiger partial charge is 0.477 e. The quantitative estimate of drug-likeness (QED) is 0.392. The molecule has 0 aromatic carbocycles. The Morgan fingerprint density at radius 1 is 1.22 bits per heavy atom. The number of amides is 1. The first-order valence-electron chi connectivity index (χ1n) is 10.7. The summed E-state index contributed by atoms with van der Waals surface area (Å²) in [5, 5.41) is 13.9. The standard InChI is InChI=1S/C22H19FN8O4S/c1-29(2)12-6-25-21(26-7-12)28-19(33)11-8-30(9-11)18-15(23)5-13-16(32)14(20(34)35)10-31(17(13)27-18)22-24-3-4-36-22/h3-7,10-11H,8-9H2,1-2H3,(H,34,35)(H,25,26,28,33). The molecule has 1 saturated heterocycles. The highest BCUT2D eigenvalue weighted by Gasteiger charge is 2.36. The third-order valence-corrected chi connectivity index (χ3v) is 6.48. The first-order chi connectivity index (χ1) is 17.2. The zero-order chi connectivity index (χ0) is 25.6. The number of carbonyl (C=O) groups excluding carboxylic acids is 1. The zero-order valence-corrected chi connectivity index (χ0v) is 19.9. The molecule has 1 aliphatic heterocycles. The number of hydrogen-bond acceptors (Lipinski definition) is 10. The van der Waals surface area contributed by atoms with E-state index in [0.717, 1.165) is 18.0 Å². The van der Waals surface area contributed by atoms with Crippen molar-refractivity contribution in [1.29, 1.82) is 0 Å². The Hall–Kier alpha value is -4.46. The SMILES string of the molecule is CN(C)c1cnc(NC(=O)C2CN(c3nc4c(cc3F)c(=O)c(C(=O)O)cn4-c3nccs3)C2)nc1. The van der Waals surface area contributed by atoms with Crippen molar-refractivity contribution < 1.29 is 19.1 Å². The van der Waals surface area contributed by atoms with Crippen LogP contribution in [0.2, 0.25) is 0 Å². The van der Waals surface area contributed by atoms with Crippen LogP contribution in [0.15, 0.2) is 41.0 Å². The topological polar surface area (TPSA) is 146 Å². The van der Waals surface area contributed by atoms with Crippen molar-refractivity contribution in [2.75, 3.05) is 42.3 Å². The maximum Gasteiger partial charge on any atom is 0.341 e. The number of thiazole rings is 1. The maximum absolute atomic E-state index is 15.0. The van der Waals surface area contributed by atoms with Gasteiger partial charge in [-0.2, -0.15) is 0 Å². The molecule has 4 aromatic rings. The summed E-state index contributed by atoms with van der Waals surface area (Å²) in [5.41, 5.74) is -0.511. The molecule has 0 atom stereocenters. The molecule has 12 nitrogen and oxygen atoms in total. The van der Waals surface area contributed by atoms with Crippen LogP contribution in [0, 0.1) is 11.7 Å². The van der Waals surface area contributed by atoms with E-state index in [1.54, 1.807) is 22.7 Å². The fourth-order valence-electron chi connectivity index (χ4n) is 3.72. The second kappa shape index (κ2) is 8.96. The molecule has 1 aliphatic rings. The highest BCUT2D eigenvalue weighted by atomic mass is 32.1. The van der Waals surface area contributed by atoms with Gasteiger partial charge in [0.05, 0.1) is 29.4 Å². The number of rotatable bonds is 6. The number of nitrogens with zero attached hydrogens (tertiary/aromatic N) is 7. The molecule has 4 aromatic heterocycles. The normalized spacial score (nSPS) is 13.5. The number of carbonyl (C=O) groups is 2. The van der Waals surface area contributed by atoms with Gasteiger partial charge in [-0.25, -0.2) is 29.1 Å². The maximum atomic E-state index is 15.0. The molecular formula is C22H19FN8O4S. The van der Waals surface area contributed by atoms with Crippen molar-refractivity contribution in [2.45, 2.75) is 0 Å². The summed E-state index contributed by atoms with van der Waals surface area (Å²) in [6, 6.07) is 0.976. The van der Waals surface area contributed by atoms with E-state index >= 15 is 4.39 Å². The lowest BCUT2D eigenvalue weighted by Crippen LogP contribution is -2.53. The summed E-state index contributed by atoms with van der Waals surface area (Å²) in [7, 11) is 3.70. The van der Waals surface area contributed by atoms with Crippen molar-refractivity contribution >= 4 is 51.7 Å². The monoisotopic (exact) mass is 510 g/mol. The minimum absolute atomic E-state index is 0.0501. The minimum Gasteiger partial charge on any atom is -0.477 e. The second-order valence-electron chi connectivity index (χ2n) is 8.28. The van der Waals surface area contributed by atoms with E-state index in [-0.39, 0.29) is 41.8 Å². The summed E-state index contributed by atoms with van der Waals surface area (Å²) in [4.78, 5) is 57.0. The summed E-state index contributed by atoms with van der Waals surface area (Å²) in [5.74, 6) is -2.87. The second-order valence-corrected chi connectivity index (χ2v) is 9.15. The molecule has 5 heterocycles. The fourth-order valence-corrected chi connectivity index (χ4v) is 4.33. The molecule has 5 rings (SSSR count). The Kier molecular flexibility index (Phi) is 5.80. The smallest absolute Gasteiger partial charge is 0.341 e. The summed E-state index contributed by atoms with van der Waals surface area (Å²) in [6.45, 7) is 0.372. The molecule has 2 N–H and O–H groups in total. The molecule has 36 heavy (non-hydrogen) atoms. The van der Waals surface area contributed by atoms with Gasteiger partial charge in [-0.1, -0.05) is 0 Å². The van der Waals surface area contributed by atoms with Crippen molar-refractivity contribution in [2.24, 2.45) is 5.92 Å². The highest BCUT2D eigenvalue weighted by Crippen LogP contribution is 2.29. The van der Waals surface area contributed by atoms with Crippen LogP contribution in [0.5, 0.6) is 0 Å². The van der Waals surface area contributed by atoms with E-state index in [1.807, 2.05) is 19.0 Å². The number of fused-ring (bicyclic) bond motifs is 1. The number of anilines is 3. The van der Waals surface area contributed by atoms with Crippen LogP contribution in [-0.4, -0.2) is 68.7 Å². The molecular weight excluding hydrogens is 491 g/mol. The van der Waals surface area contributed by atoms with Gasteiger partial charge < -0.3 is 14.9 Å². The van der Waals surface area contributed by atoms with E-state index in [2.05, 4.69) is 25.3 Å². The lowest BCUT2D eigenvalue weighted by molar-refractivity contribution is -0.120. The number of nitrogens with one attached hydrogen (secondary N) is 1. The van der Waals surface area contributed by atoms with Crippen molar-refractivity contribution in [3.8, 4) is 5.13 Å². The summed E-state index contributed by atoms with van der Waals surface area (Å²) >= 11 is 1.20. The Bertz CT molecular complexity index is 1530. The molecule has 0 saturated carbocycles. The van der Waals surface area contributed by atoms with Crippen LogP contribution in [-0.2, 0) is 4.79 Å². The van der Waals surface area contributed by atoms with E-state index in [1.165, 1.54) is 22.1 Å². The first-order valence-corrected chi connectivity index (χ1v) is 11.5. The van der Waals surface area contributed by atoms with Crippen LogP contribution >= 0.6 is 11.3 Å². The number of hydrogen-bond donors (Lipinski definition) is 2. The van der Waals surface area contributed by atoms with Gasteiger partial charge in [0.15, 0.2) is 22.4 Å². The van der Waals surface area contributed by atoms with Gasteiger partial charge >= 0.3 is 5.97 Å². The minimum atomic E-state index is -1.44. The molecule has 0 spiro atoms. The van der Waals surface area contributed by atoms with Gasteiger partial charge in [0.25, 0.3) is 0 Å². The Morgan fingerprint density at radius 2 is 1.94 bits per heavy atom. The van der Waals surface area contributed by atoms with Gasteiger partial charge in [0, 0.05) is 45.0 Å². The van der Waals surface area contributed by atoms with Crippen molar-refractivity contribution in [3.63, 3.8) is 0 Å². The number of pyridine rings is 2. The number of halogens is 1. The highest BCUT2D eigenvalue weighted by molar-refractivity contribution is 7.12. The van der Waals surface area contributed by atoms with Crippen LogP contribution in [0.25, 0.3) is 16.2 Å². The molecule has 0 radical (unpaired) electrons. The molecule has 1 amide bonds. The van der Waals surface area contributed by atoms with Crippen LogP contribution in [0.3, 0.4) is 0 Å². The van der Waals surface area contributed by atoms with Crippen LogP contribution < -0.4 is 20.5 Å². The fraction of sp³-hybridized carbons (Fsp3) is 0.227. The van der Waals surface area contributed by atoms with Crippen LogP contribution in [0.4, 0.5) is 21.8 Å². The summed E-state index contributed by atoms with van der Waals surface area (Å²) in [6.07, 6.45) is 5.82. The van der Waals surface area contributed by atoms with Gasteiger partial charge in [-0.15, -0.1) is 11.3 Å². The number of carboxylic acids is 1. The Morgan fingerprint density at radius 3 is 2.56 bits per heavy atom. The lowest BCUT2D eigenvalue weighted by atomic mass is 9.99. The van der Waals surface area contributed by atoms with Gasteiger partial charge in [0.2, 0.25) is 17.3 Å². The van der Waals surface area contributed by atoms with E-state index < -0.39 is 28.7 Å². The van der Waals surface area contributed by atoms with Crippen molar-refractivity contribution in [3.05, 3.63) is 57.8 Å². The van der Waals surface area contributed by atoms with E-state index in [4.69, 9.17) is 0 Å². The molecule has 0 aliphatic carbocycles. The summed E-state index contributed by atoms with van der Waals surface area (Å²) < 4.78 is 16.4. The van der Waals surface area contributed by atoms with E-state index in [9.17, 15) is 19.5 Å². The molecule has 0 bridgehead atoms. The molecule has 184 valence electrons. The number of carboxylic acid groups (broad SMARTS) is 1. The average molecular weight is 511 g/mol. The first kappa shape index (κ1) is 23.3. The lowest BCUT2D eigenvalue weighted by Gasteiger charge is -2.39. The third kappa shape index (κ3) is 4.11. The van der Waals surface area contributed by atoms with Gasteiger partial charge in [-0.3, -0.25) is 19.5 Å². The van der Waals surface area contributed by atoms with Crippen LogP contribution in [0.1, 0.15) is 10.4 Å². The van der Waals surface area contributed by atoms with E-state index in [0.29, 0.717) is 5.13 Å². The molecule has 14 heteroatoms. The molecule has 0 unspecified atom stereocenters. The average Bonchev–Trinajstić information content (AvgIpc) is 3.34. The van der Waals surface area contributed by atoms with Crippen molar-refractivity contribution in [1.82, 2.24) is 24.5 Å². The predicted octanol–water partition coefficient (Wildman–Crippen LogP) is 1.61. The number of aromatic carboxylic acids is 1. The predicted molar refractivity (Wildman–Crippen MR) is 131 cm³/mol. The number of aromatic nitrogens is 5. The zero-order valence-electron chi connectivity index (χ0n) is 19.0. The Balaban J connectivity index is 1.40. The Labute approximate surface area is 206 Å².